The number of carboxylic acid groups (broad SMARTS) is 1. The fraction of sp³-hybridized carbons (Fsp3) is 0.562. The largest absolute Gasteiger partial charge is 0.497 e. The Kier molecular flexibility index (Phi) is 3.42. The fourth-order valence-corrected chi connectivity index (χ4v) is 3.71. The Balaban J connectivity index is 1.88. The van der Waals surface area contributed by atoms with E-state index < -0.39 is 5.97 Å². The van der Waals surface area contributed by atoms with Gasteiger partial charge in [0.15, 0.2) is 0 Å². The van der Waals surface area contributed by atoms with Gasteiger partial charge in [-0.3, -0.25) is 4.79 Å². The zero-order valence-electron chi connectivity index (χ0n) is 11.8. The van der Waals surface area contributed by atoms with Crippen LogP contribution in [0.5, 0.6) is 5.75 Å². The molecule has 1 heterocycles. The Morgan fingerprint density at radius 3 is 2.80 bits per heavy atom. The normalized spacial score (nSPS) is 28.9. The van der Waals surface area contributed by atoms with Gasteiger partial charge in [0.05, 0.1) is 13.0 Å². The number of fused-ring (bicyclic) bond motifs is 2. The average Bonchev–Trinajstić information content (AvgIpc) is 2.47. The van der Waals surface area contributed by atoms with Gasteiger partial charge in [0.25, 0.3) is 0 Å². The highest BCUT2D eigenvalue weighted by molar-refractivity contribution is 5.70. The Bertz CT molecular complexity index is 518. The standard InChI is InChI=1S/C16H21NO3/c1-20-13-2-3-14-12(10-13)6-9-17-16(14)7-4-11(5-8-16)15(18)19/h2-3,10-11,17H,4-9H2,1H3,(H,18,19)/t11-,16-. The van der Waals surface area contributed by atoms with Crippen molar-refractivity contribution in [1.82, 2.24) is 5.32 Å². The van der Waals surface area contributed by atoms with E-state index in [1.54, 1.807) is 7.11 Å². The van der Waals surface area contributed by atoms with E-state index in [0.717, 1.165) is 44.4 Å². The van der Waals surface area contributed by atoms with Gasteiger partial charge in [-0.15, -0.1) is 0 Å². The molecule has 1 aromatic rings. The summed E-state index contributed by atoms with van der Waals surface area (Å²) in [6.45, 7) is 0.956. The van der Waals surface area contributed by atoms with Gasteiger partial charge in [-0.1, -0.05) is 6.07 Å². The van der Waals surface area contributed by atoms with Crippen LogP contribution in [0.1, 0.15) is 36.8 Å². The molecule has 1 aliphatic heterocycles. The maximum absolute atomic E-state index is 11.1. The Labute approximate surface area is 119 Å². The highest BCUT2D eigenvalue weighted by Crippen LogP contribution is 2.43. The predicted octanol–water partition coefficient (Wildman–Crippen LogP) is 2.31. The lowest BCUT2D eigenvalue weighted by Gasteiger charge is -2.44. The van der Waals surface area contributed by atoms with E-state index >= 15 is 0 Å². The summed E-state index contributed by atoms with van der Waals surface area (Å²) in [4.78, 5) is 11.1. The first-order chi connectivity index (χ1) is 9.64. The number of hydrogen-bond donors (Lipinski definition) is 2. The van der Waals surface area contributed by atoms with Crippen LogP contribution < -0.4 is 10.1 Å². The van der Waals surface area contributed by atoms with E-state index in [4.69, 9.17) is 9.84 Å². The van der Waals surface area contributed by atoms with Crippen molar-refractivity contribution < 1.29 is 14.6 Å². The molecule has 20 heavy (non-hydrogen) atoms. The Morgan fingerprint density at radius 1 is 1.40 bits per heavy atom. The molecule has 4 heteroatoms. The molecule has 108 valence electrons. The van der Waals surface area contributed by atoms with Gasteiger partial charge >= 0.3 is 5.97 Å². The van der Waals surface area contributed by atoms with E-state index in [1.807, 2.05) is 6.07 Å². The molecule has 2 aliphatic rings. The molecule has 0 unspecified atom stereocenters. The lowest BCUT2D eigenvalue weighted by molar-refractivity contribution is -0.143. The van der Waals surface area contributed by atoms with Gasteiger partial charge in [-0.25, -0.2) is 0 Å². The second-order valence-electron chi connectivity index (χ2n) is 5.89. The minimum absolute atomic E-state index is 0.0220. The fourth-order valence-electron chi connectivity index (χ4n) is 3.71. The molecule has 0 atom stereocenters. The van der Waals surface area contributed by atoms with Gasteiger partial charge in [0.1, 0.15) is 5.75 Å². The first-order valence-corrected chi connectivity index (χ1v) is 7.30. The molecule has 1 spiro atoms. The molecule has 2 N–H and O–H groups in total. The SMILES string of the molecule is COc1ccc2c(c1)CCN[C@]21CC[C@H](C(=O)O)CC1. The van der Waals surface area contributed by atoms with Crippen LogP contribution in [0.15, 0.2) is 18.2 Å². The minimum atomic E-state index is -0.648. The van der Waals surface area contributed by atoms with Crippen LogP contribution in [-0.2, 0) is 16.8 Å². The second-order valence-corrected chi connectivity index (χ2v) is 5.89. The molecular formula is C16H21NO3. The smallest absolute Gasteiger partial charge is 0.306 e. The van der Waals surface area contributed by atoms with E-state index in [9.17, 15) is 4.79 Å². The molecule has 0 amide bonds. The summed E-state index contributed by atoms with van der Waals surface area (Å²) >= 11 is 0. The monoisotopic (exact) mass is 275 g/mol. The van der Waals surface area contributed by atoms with Gasteiger partial charge < -0.3 is 15.2 Å². The molecule has 3 rings (SSSR count). The van der Waals surface area contributed by atoms with E-state index in [0.29, 0.717) is 0 Å². The van der Waals surface area contributed by atoms with Crippen LogP contribution in [0.3, 0.4) is 0 Å². The van der Waals surface area contributed by atoms with E-state index in [1.165, 1.54) is 11.1 Å². The molecule has 1 aromatic carbocycles. The molecule has 0 aromatic heterocycles. The zero-order chi connectivity index (χ0) is 14.2. The van der Waals surface area contributed by atoms with Crippen molar-refractivity contribution in [2.24, 2.45) is 5.92 Å². The molecule has 0 saturated heterocycles. The molecule has 1 fully saturated rings. The molecule has 4 nitrogen and oxygen atoms in total. The van der Waals surface area contributed by atoms with Crippen LogP contribution in [-0.4, -0.2) is 24.7 Å². The van der Waals surface area contributed by atoms with Crippen LogP contribution in [0.2, 0.25) is 0 Å². The quantitative estimate of drug-likeness (QED) is 0.869. The third kappa shape index (κ3) is 2.18. The molecule has 0 radical (unpaired) electrons. The van der Waals surface area contributed by atoms with Crippen molar-refractivity contribution in [3.63, 3.8) is 0 Å². The number of aliphatic carboxylic acids is 1. The second kappa shape index (κ2) is 5.09. The number of rotatable bonds is 2. The maximum Gasteiger partial charge on any atom is 0.306 e. The summed E-state index contributed by atoms with van der Waals surface area (Å²) in [7, 11) is 1.69. The van der Waals surface area contributed by atoms with Crippen LogP contribution >= 0.6 is 0 Å². The average molecular weight is 275 g/mol. The zero-order valence-corrected chi connectivity index (χ0v) is 11.8. The van der Waals surface area contributed by atoms with Crippen LogP contribution in [0.4, 0.5) is 0 Å². The predicted molar refractivity (Wildman–Crippen MR) is 76.0 cm³/mol. The van der Waals surface area contributed by atoms with Crippen LogP contribution in [0.25, 0.3) is 0 Å². The van der Waals surface area contributed by atoms with E-state index in [-0.39, 0.29) is 11.5 Å². The number of benzene rings is 1. The van der Waals surface area contributed by atoms with Crippen molar-refractivity contribution >= 4 is 5.97 Å². The lowest BCUT2D eigenvalue weighted by atomic mass is 9.70. The van der Waals surface area contributed by atoms with Crippen molar-refractivity contribution in [3.05, 3.63) is 29.3 Å². The summed E-state index contributed by atoms with van der Waals surface area (Å²) in [5.74, 6) is 0.0803. The van der Waals surface area contributed by atoms with Crippen molar-refractivity contribution in [2.75, 3.05) is 13.7 Å². The lowest BCUT2D eigenvalue weighted by Crippen LogP contribution is -2.50. The number of carboxylic acids is 1. The van der Waals surface area contributed by atoms with Gasteiger partial charge in [-0.2, -0.15) is 0 Å². The van der Waals surface area contributed by atoms with Gasteiger partial charge in [0, 0.05) is 12.1 Å². The van der Waals surface area contributed by atoms with Crippen molar-refractivity contribution in [2.45, 2.75) is 37.6 Å². The van der Waals surface area contributed by atoms with Crippen molar-refractivity contribution in [1.29, 1.82) is 0 Å². The summed E-state index contributed by atoms with van der Waals surface area (Å²) in [6, 6.07) is 6.29. The third-order valence-electron chi connectivity index (χ3n) is 4.87. The van der Waals surface area contributed by atoms with Crippen molar-refractivity contribution in [3.8, 4) is 5.75 Å². The van der Waals surface area contributed by atoms with Gasteiger partial charge in [-0.05, 0) is 55.4 Å². The summed E-state index contributed by atoms with van der Waals surface area (Å²) in [5, 5.41) is 12.8. The minimum Gasteiger partial charge on any atom is -0.497 e. The number of ether oxygens (including phenoxy) is 1. The number of carbonyl (C=O) groups is 1. The molecule has 1 aliphatic carbocycles. The maximum atomic E-state index is 11.1. The Hall–Kier alpha value is -1.55. The number of methoxy groups -OCH3 is 1. The highest BCUT2D eigenvalue weighted by atomic mass is 16.5. The highest BCUT2D eigenvalue weighted by Gasteiger charge is 2.41. The molecule has 0 bridgehead atoms. The van der Waals surface area contributed by atoms with Crippen LogP contribution in [0, 0.1) is 5.92 Å². The summed E-state index contributed by atoms with van der Waals surface area (Å²) in [5.41, 5.74) is 2.66. The summed E-state index contributed by atoms with van der Waals surface area (Å²) in [6.07, 6.45) is 4.34. The molecule has 1 saturated carbocycles. The van der Waals surface area contributed by atoms with E-state index in [2.05, 4.69) is 17.4 Å². The third-order valence-corrected chi connectivity index (χ3v) is 4.87. The summed E-state index contributed by atoms with van der Waals surface area (Å²) < 4.78 is 5.31. The topological polar surface area (TPSA) is 58.6 Å². The first-order valence-electron chi connectivity index (χ1n) is 7.30. The number of hydrogen-bond acceptors (Lipinski definition) is 3. The molecular weight excluding hydrogens is 254 g/mol. The number of nitrogens with one attached hydrogen (secondary N) is 1. The van der Waals surface area contributed by atoms with Gasteiger partial charge in [0.2, 0.25) is 0 Å². The Morgan fingerprint density at radius 2 is 2.15 bits per heavy atom. The first kappa shape index (κ1) is 13.4.